The lowest BCUT2D eigenvalue weighted by atomic mass is 9.97. The number of nitrogens with two attached hydrogens (primary N) is 1. The molecule has 0 radical (unpaired) electrons. The van der Waals surface area contributed by atoms with Crippen molar-refractivity contribution in [1.29, 1.82) is 0 Å². The van der Waals surface area contributed by atoms with Crippen LogP contribution in [-0.2, 0) is 0 Å². The van der Waals surface area contributed by atoms with E-state index in [1.807, 2.05) is 6.07 Å². The second kappa shape index (κ2) is 3.61. The van der Waals surface area contributed by atoms with Crippen LogP contribution in [0.15, 0.2) is 18.2 Å². The van der Waals surface area contributed by atoms with E-state index in [9.17, 15) is 0 Å². The second-order valence-corrected chi connectivity index (χ2v) is 3.43. The molecule has 66 valence electrons. The van der Waals surface area contributed by atoms with Crippen molar-refractivity contribution in [1.82, 2.24) is 0 Å². The van der Waals surface area contributed by atoms with Crippen LogP contribution >= 0.6 is 0 Å². The molecule has 0 heterocycles. The normalized spacial score (nSPS) is 12.9. The molecule has 2 N–H and O–H groups in total. The highest BCUT2D eigenvalue weighted by molar-refractivity contribution is 5.48. The zero-order valence-corrected chi connectivity index (χ0v) is 8.09. The molecule has 0 bridgehead atoms. The van der Waals surface area contributed by atoms with Gasteiger partial charge in [-0.15, -0.1) is 0 Å². The van der Waals surface area contributed by atoms with E-state index >= 15 is 0 Å². The molecular weight excluding hydrogens is 146 g/mol. The van der Waals surface area contributed by atoms with Crippen LogP contribution in [0.3, 0.4) is 0 Å². The third-order valence-electron chi connectivity index (χ3n) is 2.48. The zero-order valence-electron chi connectivity index (χ0n) is 8.09. The van der Waals surface area contributed by atoms with Crippen LogP contribution in [0, 0.1) is 6.92 Å². The molecule has 0 saturated carbocycles. The van der Waals surface area contributed by atoms with E-state index in [4.69, 9.17) is 5.73 Å². The van der Waals surface area contributed by atoms with Crippen molar-refractivity contribution in [2.24, 2.45) is 0 Å². The lowest BCUT2D eigenvalue weighted by Crippen LogP contribution is -1.95. The highest BCUT2D eigenvalue weighted by atomic mass is 14.5. The zero-order chi connectivity index (χ0) is 9.14. The first kappa shape index (κ1) is 9.11. The van der Waals surface area contributed by atoms with Crippen molar-refractivity contribution in [2.75, 3.05) is 5.73 Å². The Labute approximate surface area is 74.6 Å². The average Bonchev–Trinajstić information content (AvgIpc) is 2.08. The molecule has 1 unspecified atom stereocenters. The molecular formula is C11H17N. The summed E-state index contributed by atoms with van der Waals surface area (Å²) >= 11 is 0. The predicted octanol–water partition coefficient (Wildman–Crippen LogP) is 3.09. The molecule has 1 aromatic rings. The molecule has 0 spiro atoms. The van der Waals surface area contributed by atoms with Crippen molar-refractivity contribution in [3.63, 3.8) is 0 Å². The summed E-state index contributed by atoms with van der Waals surface area (Å²) in [5.41, 5.74) is 9.20. The maximum Gasteiger partial charge on any atom is 0.0343 e. The Morgan fingerprint density at radius 1 is 1.42 bits per heavy atom. The summed E-state index contributed by atoms with van der Waals surface area (Å²) in [5.74, 6) is 0.643. The smallest absolute Gasteiger partial charge is 0.0343 e. The van der Waals surface area contributed by atoms with E-state index in [0.29, 0.717) is 5.92 Å². The highest BCUT2D eigenvalue weighted by Gasteiger charge is 2.03. The number of benzene rings is 1. The molecule has 0 aromatic heterocycles. The van der Waals surface area contributed by atoms with Crippen LogP contribution in [0.1, 0.15) is 37.3 Å². The van der Waals surface area contributed by atoms with Gasteiger partial charge < -0.3 is 5.73 Å². The number of nitrogen functional groups attached to an aromatic ring is 1. The van der Waals surface area contributed by atoms with Gasteiger partial charge in [0, 0.05) is 5.69 Å². The van der Waals surface area contributed by atoms with Crippen molar-refractivity contribution >= 4 is 5.69 Å². The number of hydrogen-bond donors (Lipinski definition) is 1. The van der Waals surface area contributed by atoms with E-state index in [-0.39, 0.29) is 0 Å². The number of aryl methyl sites for hydroxylation is 1. The summed E-state index contributed by atoms with van der Waals surface area (Å²) < 4.78 is 0. The van der Waals surface area contributed by atoms with Gasteiger partial charge in [0.1, 0.15) is 0 Å². The summed E-state index contributed by atoms with van der Waals surface area (Å²) in [5, 5.41) is 0. The summed E-state index contributed by atoms with van der Waals surface area (Å²) in [7, 11) is 0. The van der Waals surface area contributed by atoms with Crippen LogP contribution in [0.4, 0.5) is 5.69 Å². The van der Waals surface area contributed by atoms with Crippen molar-refractivity contribution in [3.05, 3.63) is 29.3 Å². The van der Waals surface area contributed by atoms with Crippen LogP contribution in [-0.4, -0.2) is 0 Å². The topological polar surface area (TPSA) is 26.0 Å². The second-order valence-electron chi connectivity index (χ2n) is 3.43. The molecule has 1 rings (SSSR count). The highest BCUT2D eigenvalue weighted by Crippen LogP contribution is 2.22. The summed E-state index contributed by atoms with van der Waals surface area (Å²) in [4.78, 5) is 0. The molecule has 12 heavy (non-hydrogen) atoms. The molecule has 0 fully saturated rings. The van der Waals surface area contributed by atoms with E-state index in [1.165, 1.54) is 17.5 Å². The van der Waals surface area contributed by atoms with Gasteiger partial charge >= 0.3 is 0 Å². The van der Waals surface area contributed by atoms with Gasteiger partial charge in [-0.1, -0.05) is 26.0 Å². The third kappa shape index (κ3) is 1.79. The minimum absolute atomic E-state index is 0.643. The molecule has 1 heteroatoms. The number of rotatable bonds is 2. The first-order valence-electron chi connectivity index (χ1n) is 4.51. The van der Waals surface area contributed by atoms with Crippen LogP contribution in [0.2, 0.25) is 0 Å². The van der Waals surface area contributed by atoms with E-state index in [2.05, 4.69) is 32.9 Å². The van der Waals surface area contributed by atoms with Crippen molar-refractivity contribution in [3.8, 4) is 0 Å². The lowest BCUT2D eigenvalue weighted by molar-refractivity contribution is 0.733. The van der Waals surface area contributed by atoms with Crippen LogP contribution < -0.4 is 5.73 Å². The number of anilines is 1. The van der Waals surface area contributed by atoms with Crippen molar-refractivity contribution < 1.29 is 0 Å². The quantitative estimate of drug-likeness (QED) is 0.666. The summed E-state index contributed by atoms with van der Waals surface area (Å²) in [6.07, 6.45) is 1.18. The predicted molar refractivity (Wildman–Crippen MR) is 54.3 cm³/mol. The maximum atomic E-state index is 5.73. The fourth-order valence-corrected chi connectivity index (χ4v) is 1.24. The minimum atomic E-state index is 0.643. The van der Waals surface area contributed by atoms with E-state index in [0.717, 1.165) is 5.69 Å². The molecule has 1 nitrogen and oxygen atoms in total. The fraction of sp³-hybridized carbons (Fsp3) is 0.455. The summed E-state index contributed by atoms with van der Waals surface area (Å²) in [6.45, 7) is 6.50. The van der Waals surface area contributed by atoms with Gasteiger partial charge in [-0.2, -0.15) is 0 Å². The van der Waals surface area contributed by atoms with Gasteiger partial charge in [0.05, 0.1) is 0 Å². The Morgan fingerprint density at radius 3 is 2.58 bits per heavy atom. The first-order valence-corrected chi connectivity index (χ1v) is 4.51. The van der Waals surface area contributed by atoms with Crippen LogP contribution in [0.25, 0.3) is 0 Å². The van der Waals surface area contributed by atoms with Gasteiger partial charge in [0.25, 0.3) is 0 Å². The average molecular weight is 163 g/mol. The van der Waals surface area contributed by atoms with Gasteiger partial charge in [-0.25, -0.2) is 0 Å². The molecule has 0 amide bonds. The molecule has 0 aliphatic heterocycles. The Hall–Kier alpha value is -0.980. The Morgan fingerprint density at radius 2 is 2.08 bits per heavy atom. The van der Waals surface area contributed by atoms with Gasteiger partial charge in [0.2, 0.25) is 0 Å². The molecule has 1 atom stereocenters. The summed E-state index contributed by atoms with van der Waals surface area (Å²) in [6, 6.07) is 6.30. The standard InChI is InChI=1S/C11H17N/c1-4-8(2)10-5-6-11(12)9(3)7-10/h5-8H,4,12H2,1-3H3. The Balaban J connectivity index is 2.96. The maximum absolute atomic E-state index is 5.73. The Bertz CT molecular complexity index is 266. The van der Waals surface area contributed by atoms with Gasteiger partial charge in [-0.05, 0) is 36.5 Å². The minimum Gasteiger partial charge on any atom is -0.399 e. The fourth-order valence-electron chi connectivity index (χ4n) is 1.24. The van der Waals surface area contributed by atoms with Crippen molar-refractivity contribution in [2.45, 2.75) is 33.1 Å². The van der Waals surface area contributed by atoms with E-state index in [1.54, 1.807) is 0 Å². The SMILES string of the molecule is CCC(C)c1ccc(N)c(C)c1. The monoisotopic (exact) mass is 163 g/mol. The Kier molecular flexibility index (Phi) is 2.74. The van der Waals surface area contributed by atoms with E-state index < -0.39 is 0 Å². The third-order valence-corrected chi connectivity index (χ3v) is 2.48. The molecule has 0 aliphatic carbocycles. The largest absolute Gasteiger partial charge is 0.399 e. The molecule has 0 aliphatic rings. The molecule has 1 aromatic carbocycles. The molecule has 0 saturated heterocycles. The number of hydrogen-bond acceptors (Lipinski definition) is 1. The first-order chi connectivity index (χ1) is 5.65. The lowest BCUT2D eigenvalue weighted by Gasteiger charge is -2.10. The van der Waals surface area contributed by atoms with Gasteiger partial charge in [0.15, 0.2) is 0 Å². The van der Waals surface area contributed by atoms with Gasteiger partial charge in [-0.3, -0.25) is 0 Å². The van der Waals surface area contributed by atoms with Crippen LogP contribution in [0.5, 0.6) is 0 Å².